The molecule has 0 spiro atoms. The maximum atomic E-state index is 4.50. The zero-order valence-electron chi connectivity index (χ0n) is 9.00. The van der Waals surface area contributed by atoms with Crippen LogP contribution in [0.5, 0.6) is 0 Å². The standard InChI is InChI=1S/C9H15NS.CH5N/c1-9(2,3)5-4-8-10-6-7-11-8;1-2/h6-7H,4-5H2,1-3H3;2H2,1H3. The van der Waals surface area contributed by atoms with Crippen molar-refractivity contribution in [3.8, 4) is 0 Å². The third kappa shape index (κ3) is 6.72. The van der Waals surface area contributed by atoms with Gasteiger partial charge in [0.2, 0.25) is 0 Å². The van der Waals surface area contributed by atoms with Crippen molar-refractivity contribution < 1.29 is 0 Å². The van der Waals surface area contributed by atoms with Crippen molar-refractivity contribution in [2.75, 3.05) is 7.05 Å². The first-order chi connectivity index (χ1) is 6.08. The predicted octanol–water partition coefficient (Wildman–Crippen LogP) is 2.70. The van der Waals surface area contributed by atoms with E-state index in [-0.39, 0.29) is 0 Å². The number of hydrogen-bond donors (Lipinski definition) is 1. The fourth-order valence-corrected chi connectivity index (χ4v) is 1.48. The second-order valence-corrected chi connectivity index (χ2v) is 4.97. The molecule has 3 heteroatoms. The van der Waals surface area contributed by atoms with Crippen LogP contribution in [0.15, 0.2) is 11.6 Å². The van der Waals surface area contributed by atoms with E-state index >= 15 is 0 Å². The Balaban J connectivity index is 0.000000671. The molecule has 0 atom stereocenters. The van der Waals surface area contributed by atoms with Crippen LogP contribution >= 0.6 is 11.3 Å². The molecule has 0 aromatic carbocycles. The number of aromatic nitrogens is 1. The molecule has 0 aliphatic rings. The minimum absolute atomic E-state index is 0.436. The Hall–Kier alpha value is -0.410. The summed E-state index contributed by atoms with van der Waals surface area (Å²) in [6.07, 6.45) is 4.23. The number of nitrogens with zero attached hydrogens (tertiary/aromatic N) is 1. The van der Waals surface area contributed by atoms with Crippen molar-refractivity contribution in [2.45, 2.75) is 33.6 Å². The van der Waals surface area contributed by atoms with Gasteiger partial charge in [-0.1, -0.05) is 20.8 Å². The molecule has 1 aromatic rings. The summed E-state index contributed by atoms with van der Waals surface area (Å²) < 4.78 is 0. The summed E-state index contributed by atoms with van der Waals surface area (Å²) in [5, 5.41) is 3.30. The number of nitrogens with two attached hydrogens (primary N) is 1. The molecule has 1 rings (SSSR count). The van der Waals surface area contributed by atoms with E-state index < -0.39 is 0 Å². The number of hydrogen-bond acceptors (Lipinski definition) is 3. The third-order valence-corrected chi connectivity index (χ3v) is 2.41. The Labute approximate surface area is 85.2 Å². The molecule has 13 heavy (non-hydrogen) atoms. The van der Waals surface area contributed by atoms with E-state index in [2.05, 4.69) is 31.5 Å². The number of rotatable bonds is 2. The summed E-state index contributed by atoms with van der Waals surface area (Å²) in [4.78, 5) is 4.24. The second kappa shape index (κ2) is 6.11. The first kappa shape index (κ1) is 12.6. The fraction of sp³-hybridized carbons (Fsp3) is 0.700. The number of aryl methyl sites for hydroxylation is 1. The molecule has 0 saturated heterocycles. The summed E-state index contributed by atoms with van der Waals surface area (Å²) in [5.41, 5.74) is 4.94. The van der Waals surface area contributed by atoms with Crippen LogP contribution in [0.4, 0.5) is 0 Å². The minimum atomic E-state index is 0.436. The van der Waals surface area contributed by atoms with Gasteiger partial charge in [-0.2, -0.15) is 0 Å². The van der Waals surface area contributed by atoms with Gasteiger partial charge in [-0.3, -0.25) is 0 Å². The smallest absolute Gasteiger partial charge is 0.0924 e. The Morgan fingerprint density at radius 2 is 2.00 bits per heavy atom. The molecular formula is C10H20N2S. The maximum Gasteiger partial charge on any atom is 0.0924 e. The molecule has 2 nitrogen and oxygen atoms in total. The van der Waals surface area contributed by atoms with Gasteiger partial charge in [0.15, 0.2) is 0 Å². The number of thiazole rings is 1. The minimum Gasteiger partial charge on any atom is -0.333 e. The molecule has 0 bridgehead atoms. The van der Waals surface area contributed by atoms with Gasteiger partial charge in [-0.25, -0.2) is 4.98 Å². The molecule has 76 valence electrons. The van der Waals surface area contributed by atoms with Gasteiger partial charge >= 0.3 is 0 Å². The van der Waals surface area contributed by atoms with Gasteiger partial charge in [0.25, 0.3) is 0 Å². The molecule has 0 amide bonds. The molecule has 2 N–H and O–H groups in total. The molecule has 0 unspecified atom stereocenters. The van der Waals surface area contributed by atoms with Gasteiger partial charge in [-0.05, 0) is 25.3 Å². The van der Waals surface area contributed by atoms with E-state index in [0.29, 0.717) is 5.41 Å². The van der Waals surface area contributed by atoms with E-state index in [1.54, 1.807) is 11.3 Å². The van der Waals surface area contributed by atoms with E-state index in [0.717, 1.165) is 6.42 Å². The van der Waals surface area contributed by atoms with Crippen molar-refractivity contribution in [3.05, 3.63) is 16.6 Å². The van der Waals surface area contributed by atoms with E-state index in [1.165, 1.54) is 18.5 Å². The lowest BCUT2D eigenvalue weighted by molar-refractivity contribution is 0.378. The highest BCUT2D eigenvalue weighted by Gasteiger charge is 2.10. The van der Waals surface area contributed by atoms with E-state index in [1.807, 2.05) is 11.6 Å². The molecule has 0 aliphatic heterocycles. The normalized spacial score (nSPS) is 10.5. The van der Waals surface area contributed by atoms with Gasteiger partial charge in [0.05, 0.1) is 5.01 Å². The van der Waals surface area contributed by atoms with Crippen molar-refractivity contribution >= 4 is 11.3 Å². The van der Waals surface area contributed by atoms with Crippen molar-refractivity contribution in [1.82, 2.24) is 4.98 Å². The molecule has 0 saturated carbocycles. The summed E-state index contributed by atoms with van der Waals surface area (Å²) in [5.74, 6) is 0. The average Bonchev–Trinajstić information content (AvgIpc) is 2.55. The van der Waals surface area contributed by atoms with Gasteiger partial charge < -0.3 is 5.73 Å². The highest BCUT2D eigenvalue weighted by Crippen LogP contribution is 2.21. The Bertz CT molecular complexity index is 199. The molecule has 1 heterocycles. The van der Waals surface area contributed by atoms with Crippen LogP contribution in [0.1, 0.15) is 32.2 Å². The highest BCUT2D eigenvalue weighted by molar-refractivity contribution is 7.09. The van der Waals surface area contributed by atoms with Crippen LogP contribution in [-0.4, -0.2) is 12.0 Å². The highest BCUT2D eigenvalue weighted by atomic mass is 32.1. The van der Waals surface area contributed by atoms with Crippen LogP contribution in [0.25, 0.3) is 0 Å². The van der Waals surface area contributed by atoms with Crippen LogP contribution in [0.3, 0.4) is 0 Å². The summed E-state index contributed by atoms with van der Waals surface area (Å²) in [7, 11) is 1.50. The third-order valence-electron chi connectivity index (χ3n) is 1.57. The SMILES string of the molecule is CC(C)(C)CCc1nccs1.CN. The van der Waals surface area contributed by atoms with E-state index in [4.69, 9.17) is 0 Å². The van der Waals surface area contributed by atoms with Crippen LogP contribution in [0.2, 0.25) is 0 Å². The largest absolute Gasteiger partial charge is 0.333 e. The monoisotopic (exact) mass is 200 g/mol. The van der Waals surface area contributed by atoms with Crippen LogP contribution < -0.4 is 5.73 Å². The maximum absolute atomic E-state index is 4.50. The first-order valence-electron chi connectivity index (χ1n) is 4.54. The Kier molecular flexibility index (Phi) is 5.91. The molecule has 0 fully saturated rings. The van der Waals surface area contributed by atoms with E-state index in [9.17, 15) is 0 Å². The van der Waals surface area contributed by atoms with Crippen LogP contribution in [-0.2, 0) is 6.42 Å². The van der Waals surface area contributed by atoms with Gasteiger partial charge in [0.1, 0.15) is 0 Å². The summed E-state index contributed by atoms with van der Waals surface area (Å²) in [6, 6.07) is 0. The zero-order valence-corrected chi connectivity index (χ0v) is 9.82. The Morgan fingerprint density at radius 1 is 1.38 bits per heavy atom. The molecule has 1 aromatic heterocycles. The lowest BCUT2D eigenvalue weighted by Crippen LogP contribution is -2.05. The Morgan fingerprint density at radius 3 is 2.38 bits per heavy atom. The van der Waals surface area contributed by atoms with Crippen molar-refractivity contribution in [1.29, 1.82) is 0 Å². The van der Waals surface area contributed by atoms with Gasteiger partial charge in [-0.15, -0.1) is 11.3 Å². The predicted molar refractivity (Wildman–Crippen MR) is 60.0 cm³/mol. The second-order valence-electron chi connectivity index (χ2n) is 3.99. The van der Waals surface area contributed by atoms with Crippen molar-refractivity contribution in [3.63, 3.8) is 0 Å². The van der Waals surface area contributed by atoms with Crippen molar-refractivity contribution in [2.24, 2.45) is 11.1 Å². The molecule has 0 aliphatic carbocycles. The fourth-order valence-electron chi connectivity index (χ4n) is 0.858. The van der Waals surface area contributed by atoms with Gasteiger partial charge in [0, 0.05) is 11.6 Å². The first-order valence-corrected chi connectivity index (χ1v) is 5.42. The molecule has 0 radical (unpaired) electrons. The molecular weight excluding hydrogens is 180 g/mol. The quantitative estimate of drug-likeness (QED) is 0.797. The van der Waals surface area contributed by atoms with Crippen LogP contribution in [0, 0.1) is 5.41 Å². The average molecular weight is 200 g/mol. The summed E-state index contributed by atoms with van der Waals surface area (Å²) >= 11 is 1.75. The lowest BCUT2D eigenvalue weighted by Gasteiger charge is -2.16. The zero-order chi connectivity index (χ0) is 10.3. The topological polar surface area (TPSA) is 38.9 Å². The lowest BCUT2D eigenvalue weighted by atomic mass is 9.91. The summed E-state index contributed by atoms with van der Waals surface area (Å²) in [6.45, 7) is 6.79.